The quantitative estimate of drug-likeness (QED) is 0.681. The number of carbonyl (C=O) groups excluding carboxylic acids is 2. The molecule has 0 aliphatic carbocycles. The monoisotopic (exact) mass is 323 g/mol. The van der Waals surface area contributed by atoms with Gasteiger partial charge in [0.05, 0.1) is 10.0 Å². The molecule has 2 aromatic carbocycles. The van der Waals surface area contributed by atoms with Crippen molar-refractivity contribution in [2.75, 3.05) is 5.32 Å². The van der Waals surface area contributed by atoms with Crippen molar-refractivity contribution >= 4 is 40.8 Å². The molecular formula is C15H11Cl2NO3. The third kappa shape index (κ3) is 4.21. The Bertz CT molecular complexity index is 701. The van der Waals surface area contributed by atoms with Crippen LogP contribution in [-0.4, -0.2) is 11.9 Å². The van der Waals surface area contributed by atoms with Crippen molar-refractivity contribution in [2.45, 2.75) is 6.92 Å². The number of hydrogen-bond acceptors (Lipinski definition) is 3. The summed E-state index contributed by atoms with van der Waals surface area (Å²) in [4.78, 5) is 23.0. The highest BCUT2D eigenvalue weighted by atomic mass is 35.5. The van der Waals surface area contributed by atoms with E-state index in [-0.39, 0.29) is 5.91 Å². The fraction of sp³-hybridized carbons (Fsp3) is 0.0667. The molecule has 0 spiro atoms. The Labute approximate surface area is 131 Å². The highest BCUT2D eigenvalue weighted by Gasteiger charge is 2.09. The topological polar surface area (TPSA) is 55.4 Å². The largest absolute Gasteiger partial charge is 0.427 e. The molecule has 0 saturated heterocycles. The number of halogens is 2. The molecule has 0 fully saturated rings. The molecular weight excluding hydrogens is 313 g/mol. The van der Waals surface area contributed by atoms with Crippen molar-refractivity contribution in [2.24, 2.45) is 0 Å². The molecule has 4 nitrogen and oxygen atoms in total. The van der Waals surface area contributed by atoms with Crippen LogP contribution in [0.4, 0.5) is 5.69 Å². The summed E-state index contributed by atoms with van der Waals surface area (Å²) in [6.07, 6.45) is 0. The Hall–Kier alpha value is -2.04. The van der Waals surface area contributed by atoms with Gasteiger partial charge in [-0.3, -0.25) is 9.59 Å². The number of benzene rings is 2. The first kappa shape index (κ1) is 15.4. The van der Waals surface area contributed by atoms with Crippen LogP contribution in [0.15, 0.2) is 42.5 Å². The summed E-state index contributed by atoms with van der Waals surface area (Å²) in [5.41, 5.74) is 0.882. The molecule has 0 aliphatic heterocycles. The molecule has 21 heavy (non-hydrogen) atoms. The summed E-state index contributed by atoms with van der Waals surface area (Å²) >= 11 is 11.7. The molecule has 0 atom stereocenters. The molecule has 0 bridgehead atoms. The molecule has 2 rings (SSSR count). The van der Waals surface area contributed by atoms with E-state index in [0.717, 1.165) is 0 Å². The maximum atomic E-state index is 12.1. The van der Waals surface area contributed by atoms with Gasteiger partial charge in [0.2, 0.25) is 0 Å². The predicted octanol–water partition coefficient (Wildman–Crippen LogP) is 4.17. The summed E-state index contributed by atoms with van der Waals surface area (Å²) in [6, 6.07) is 11.1. The lowest BCUT2D eigenvalue weighted by molar-refractivity contribution is -0.131. The molecule has 0 saturated carbocycles. The molecule has 0 unspecified atom stereocenters. The number of anilines is 1. The number of amides is 1. The molecule has 0 aliphatic rings. The minimum Gasteiger partial charge on any atom is -0.427 e. The first-order chi connectivity index (χ1) is 9.95. The third-order valence-electron chi connectivity index (χ3n) is 2.54. The Kier molecular flexibility index (Phi) is 4.83. The van der Waals surface area contributed by atoms with E-state index in [1.54, 1.807) is 36.4 Å². The third-order valence-corrected chi connectivity index (χ3v) is 3.27. The molecule has 1 amide bonds. The number of hydrogen-bond donors (Lipinski definition) is 1. The average Bonchev–Trinajstić information content (AvgIpc) is 2.41. The van der Waals surface area contributed by atoms with Gasteiger partial charge in [-0.2, -0.15) is 0 Å². The van der Waals surface area contributed by atoms with E-state index in [0.29, 0.717) is 27.0 Å². The van der Waals surface area contributed by atoms with Crippen molar-refractivity contribution in [3.63, 3.8) is 0 Å². The molecule has 0 heterocycles. The lowest BCUT2D eigenvalue weighted by Crippen LogP contribution is -2.12. The predicted molar refractivity (Wildman–Crippen MR) is 82.2 cm³/mol. The van der Waals surface area contributed by atoms with Gasteiger partial charge >= 0.3 is 5.97 Å². The number of esters is 1. The van der Waals surface area contributed by atoms with Crippen molar-refractivity contribution in [3.05, 3.63) is 58.1 Å². The number of carbonyl (C=O) groups is 2. The average molecular weight is 324 g/mol. The SMILES string of the molecule is CC(=O)Oc1cccc(NC(=O)c2ccc(Cl)c(Cl)c2)c1. The number of rotatable bonds is 3. The normalized spacial score (nSPS) is 10.0. The second kappa shape index (κ2) is 6.61. The van der Waals surface area contributed by atoms with Crippen molar-refractivity contribution in [3.8, 4) is 5.75 Å². The van der Waals surface area contributed by atoms with E-state index in [2.05, 4.69) is 5.32 Å². The van der Waals surface area contributed by atoms with Crippen LogP contribution >= 0.6 is 23.2 Å². The van der Waals surface area contributed by atoms with E-state index in [4.69, 9.17) is 27.9 Å². The molecule has 6 heteroatoms. The minimum absolute atomic E-state index is 0.304. The zero-order chi connectivity index (χ0) is 15.4. The van der Waals surface area contributed by atoms with Crippen LogP contribution in [0.2, 0.25) is 10.0 Å². The van der Waals surface area contributed by atoms with Gasteiger partial charge in [0.25, 0.3) is 5.91 Å². The first-order valence-corrected chi connectivity index (χ1v) is 6.76. The molecule has 1 N–H and O–H groups in total. The number of nitrogens with one attached hydrogen (secondary N) is 1. The zero-order valence-electron chi connectivity index (χ0n) is 11.0. The Morgan fingerprint density at radius 1 is 1.05 bits per heavy atom. The van der Waals surface area contributed by atoms with E-state index in [1.165, 1.54) is 13.0 Å². The molecule has 0 aromatic heterocycles. The van der Waals surface area contributed by atoms with Gasteiger partial charge in [0.15, 0.2) is 0 Å². The Morgan fingerprint density at radius 3 is 2.48 bits per heavy atom. The number of ether oxygens (including phenoxy) is 1. The highest BCUT2D eigenvalue weighted by molar-refractivity contribution is 6.42. The molecule has 108 valence electrons. The van der Waals surface area contributed by atoms with Crippen LogP contribution in [0.5, 0.6) is 5.75 Å². The van der Waals surface area contributed by atoms with Gasteiger partial charge in [-0.1, -0.05) is 29.3 Å². The van der Waals surface area contributed by atoms with Crippen LogP contribution in [0.3, 0.4) is 0 Å². The summed E-state index contributed by atoms with van der Waals surface area (Å²) in [7, 11) is 0. The molecule has 2 aromatic rings. The van der Waals surface area contributed by atoms with Gasteiger partial charge in [-0.15, -0.1) is 0 Å². The summed E-state index contributed by atoms with van der Waals surface area (Å²) in [6.45, 7) is 1.31. The van der Waals surface area contributed by atoms with E-state index < -0.39 is 5.97 Å². The van der Waals surface area contributed by atoms with E-state index in [9.17, 15) is 9.59 Å². The zero-order valence-corrected chi connectivity index (χ0v) is 12.5. The van der Waals surface area contributed by atoms with Gasteiger partial charge in [-0.25, -0.2) is 0 Å². The van der Waals surface area contributed by atoms with Gasteiger partial charge in [0, 0.05) is 24.2 Å². The lowest BCUT2D eigenvalue weighted by atomic mass is 10.2. The summed E-state index contributed by atoms with van der Waals surface area (Å²) in [5.74, 6) is -0.411. The second-order valence-electron chi connectivity index (χ2n) is 4.20. The van der Waals surface area contributed by atoms with Crippen LogP contribution in [-0.2, 0) is 4.79 Å². The lowest BCUT2D eigenvalue weighted by Gasteiger charge is -2.08. The van der Waals surface area contributed by atoms with Crippen LogP contribution in [0, 0.1) is 0 Å². The van der Waals surface area contributed by atoms with E-state index >= 15 is 0 Å². The van der Waals surface area contributed by atoms with Gasteiger partial charge in [-0.05, 0) is 30.3 Å². The fourth-order valence-electron chi connectivity index (χ4n) is 1.64. The van der Waals surface area contributed by atoms with Crippen molar-refractivity contribution < 1.29 is 14.3 Å². The van der Waals surface area contributed by atoms with Crippen LogP contribution in [0.1, 0.15) is 17.3 Å². The first-order valence-electron chi connectivity index (χ1n) is 6.00. The maximum Gasteiger partial charge on any atom is 0.308 e. The van der Waals surface area contributed by atoms with Gasteiger partial charge in [0.1, 0.15) is 5.75 Å². The van der Waals surface area contributed by atoms with Crippen molar-refractivity contribution in [1.82, 2.24) is 0 Å². The summed E-state index contributed by atoms with van der Waals surface area (Å²) < 4.78 is 4.95. The summed E-state index contributed by atoms with van der Waals surface area (Å²) in [5, 5.41) is 3.37. The minimum atomic E-state index is -0.428. The maximum absolute atomic E-state index is 12.1. The second-order valence-corrected chi connectivity index (χ2v) is 5.02. The smallest absolute Gasteiger partial charge is 0.308 e. The standard InChI is InChI=1S/C15H11Cl2NO3/c1-9(19)21-12-4-2-3-11(8-12)18-15(20)10-5-6-13(16)14(17)7-10/h2-8H,1H3,(H,18,20). The van der Waals surface area contributed by atoms with Crippen LogP contribution in [0.25, 0.3) is 0 Å². The van der Waals surface area contributed by atoms with Crippen molar-refractivity contribution in [1.29, 1.82) is 0 Å². The highest BCUT2D eigenvalue weighted by Crippen LogP contribution is 2.23. The van der Waals surface area contributed by atoms with Crippen LogP contribution < -0.4 is 10.1 Å². The Balaban J connectivity index is 2.15. The fourth-order valence-corrected chi connectivity index (χ4v) is 1.94. The van der Waals surface area contributed by atoms with Gasteiger partial charge < -0.3 is 10.1 Å². The Morgan fingerprint density at radius 2 is 1.81 bits per heavy atom. The van der Waals surface area contributed by atoms with E-state index in [1.807, 2.05) is 0 Å². The molecule has 0 radical (unpaired) electrons.